The van der Waals surface area contributed by atoms with E-state index in [0.717, 1.165) is 21.7 Å². The molecule has 0 spiro atoms. The molecule has 27 heavy (non-hydrogen) atoms. The fraction of sp³-hybridized carbons (Fsp3) is 0.450. The van der Waals surface area contributed by atoms with Crippen LogP contribution in [0, 0.1) is 0 Å². The number of benzene rings is 1. The number of thiophene rings is 1. The van der Waals surface area contributed by atoms with Crippen molar-refractivity contribution in [2.24, 2.45) is 0 Å². The Hall–Kier alpha value is -1.77. The van der Waals surface area contributed by atoms with E-state index < -0.39 is 17.8 Å². The standard InChI is InChI=1S/C20H24N2O4S/c23-16(14-3-5-15-13(10-14)4-6-19(25)21-15)11-22-8-7-20(26,17(24)12-22)18-2-1-9-27-18/h1-3,5,9-10,16-17,23-24,26H,4,6-8,11-12H2,(H,21,25)/t16-,17+,20+/m0/s1. The number of amides is 1. The van der Waals surface area contributed by atoms with E-state index in [1.165, 1.54) is 11.3 Å². The van der Waals surface area contributed by atoms with Crippen molar-refractivity contribution < 1.29 is 20.1 Å². The summed E-state index contributed by atoms with van der Waals surface area (Å²) in [4.78, 5) is 14.2. The zero-order valence-corrected chi connectivity index (χ0v) is 15.8. The highest BCUT2D eigenvalue weighted by molar-refractivity contribution is 7.10. The molecule has 144 valence electrons. The fourth-order valence-corrected chi connectivity index (χ4v) is 4.82. The van der Waals surface area contributed by atoms with E-state index in [4.69, 9.17) is 0 Å². The first-order chi connectivity index (χ1) is 13.0. The number of β-amino-alcohol motifs (C(OH)–C–C–N with tert-alkyl or cyclic N) is 2. The highest BCUT2D eigenvalue weighted by Crippen LogP contribution is 2.36. The van der Waals surface area contributed by atoms with Crippen LogP contribution in [0.5, 0.6) is 0 Å². The molecule has 2 aliphatic rings. The number of aryl methyl sites for hydroxylation is 1. The molecule has 7 heteroatoms. The second-order valence-corrected chi connectivity index (χ2v) is 8.36. The molecular weight excluding hydrogens is 364 g/mol. The smallest absolute Gasteiger partial charge is 0.224 e. The van der Waals surface area contributed by atoms with E-state index in [-0.39, 0.29) is 5.91 Å². The number of carbonyl (C=O) groups excluding carboxylic acids is 1. The lowest BCUT2D eigenvalue weighted by Crippen LogP contribution is -2.53. The number of nitrogens with zero attached hydrogens (tertiary/aromatic N) is 1. The van der Waals surface area contributed by atoms with Crippen LogP contribution < -0.4 is 5.32 Å². The highest BCUT2D eigenvalue weighted by atomic mass is 32.1. The zero-order chi connectivity index (χ0) is 19.0. The van der Waals surface area contributed by atoms with Gasteiger partial charge in [0.15, 0.2) is 0 Å². The molecule has 1 saturated heterocycles. The number of fused-ring (bicyclic) bond motifs is 1. The van der Waals surface area contributed by atoms with E-state index in [1.807, 2.05) is 40.6 Å². The van der Waals surface area contributed by atoms with Crippen LogP contribution in [0.15, 0.2) is 35.7 Å². The van der Waals surface area contributed by atoms with Gasteiger partial charge >= 0.3 is 0 Å². The van der Waals surface area contributed by atoms with Gasteiger partial charge in [0.1, 0.15) is 11.7 Å². The molecule has 3 atom stereocenters. The van der Waals surface area contributed by atoms with Crippen LogP contribution in [0.1, 0.15) is 34.9 Å². The summed E-state index contributed by atoms with van der Waals surface area (Å²) in [7, 11) is 0. The maximum Gasteiger partial charge on any atom is 0.224 e. The van der Waals surface area contributed by atoms with Gasteiger partial charge in [-0.05, 0) is 41.5 Å². The van der Waals surface area contributed by atoms with Crippen molar-refractivity contribution in [3.05, 3.63) is 51.7 Å². The van der Waals surface area contributed by atoms with Crippen LogP contribution in [0.3, 0.4) is 0 Å². The summed E-state index contributed by atoms with van der Waals surface area (Å²) in [5.74, 6) is 0.0244. The third-order valence-corrected chi connectivity index (χ3v) is 6.62. The molecular formula is C20H24N2O4S. The maximum absolute atomic E-state index is 11.5. The lowest BCUT2D eigenvalue weighted by molar-refractivity contribution is -0.126. The molecule has 0 unspecified atom stereocenters. The molecule has 0 saturated carbocycles. The average Bonchev–Trinajstić information content (AvgIpc) is 3.20. The van der Waals surface area contributed by atoms with E-state index >= 15 is 0 Å². The van der Waals surface area contributed by atoms with Gasteiger partial charge in [-0.3, -0.25) is 9.69 Å². The molecule has 0 radical (unpaired) electrons. The molecule has 4 N–H and O–H groups in total. The lowest BCUT2D eigenvalue weighted by Gasteiger charge is -2.42. The number of anilines is 1. The van der Waals surface area contributed by atoms with Crippen LogP contribution in [-0.2, 0) is 16.8 Å². The first-order valence-corrected chi connectivity index (χ1v) is 10.1. The zero-order valence-electron chi connectivity index (χ0n) is 15.0. The molecule has 6 nitrogen and oxygen atoms in total. The van der Waals surface area contributed by atoms with Gasteiger partial charge in [-0.2, -0.15) is 0 Å². The number of hydrogen-bond acceptors (Lipinski definition) is 6. The topological polar surface area (TPSA) is 93.0 Å². The predicted molar refractivity (Wildman–Crippen MR) is 104 cm³/mol. The van der Waals surface area contributed by atoms with Crippen molar-refractivity contribution in [2.45, 2.75) is 37.1 Å². The normalized spacial score (nSPS) is 27.1. The number of nitrogens with one attached hydrogen (secondary N) is 1. The SMILES string of the molecule is O=C1CCc2cc([C@@H](O)CN3CC[C@](O)(c4cccs4)[C@H](O)C3)ccc2N1. The van der Waals surface area contributed by atoms with Gasteiger partial charge < -0.3 is 20.6 Å². The Bertz CT molecular complexity index is 825. The van der Waals surface area contributed by atoms with E-state index in [0.29, 0.717) is 38.9 Å². The highest BCUT2D eigenvalue weighted by Gasteiger charge is 2.43. The van der Waals surface area contributed by atoms with Crippen molar-refractivity contribution in [1.29, 1.82) is 0 Å². The Morgan fingerprint density at radius 3 is 2.93 bits per heavy atom. The van der Waals surface area contributed by atoms with Crippen molar-refractivity contribution in [1.82, 2.24) is 4.90 Å². The fourth-order valence-electron chi connectivity index (χ4n) is 3.92. The van der Waals surface area contributed by atoms with E-state index in [2.05, 4.69) is 5.32 Å². The third-order valence-electron chi connectivity index (χ3n) is 5.58. The summed E-state index contributed by atoms with van der Waals surface area (Å²) in [6.45, 7) is 1.30. The third kappa shape index (κ3) is 3.66. The number of piperidine rings is 1. The summed E-state index contributed by atoms with van der Waals surface area (Å²) in [5, 5.41) is 36.8. The molecule has 1 aromatic heterocycles. The summed E-state index contributed by atoms with van der Waals surface area (Å²) in [6.07, 6.45) is -0.00850. The minimum absolute atomic E-state index is 0.0244. The summed E-state index contributed by atoms with van der Waals surface area (Å²) >= 11 is 1.45. The number of carbonyl (C=O) groups is 1. The summed E-state index contributed by atoms with van der Waals surface area (Å²) in [6, 6.07) is 9.34. The molecule has 2 aliphatic heterocycles. The summed E-state index contributed by atoms with van der Waals surface area (Å²) in [5.41, 5.74) is 1.45. The average molecular weight is 388 g/mol. The molecule has 0 bridgehead atoms. The molecule has 1 amide bonds. The number of aliphatic hydroxyl groups is 3. The molecule has 1 fully saturated rings. The minimum Gasteiger partial charge on any atom is -0.388 e. The maximum atomic E-state index is 11.5. The molecule has 1 aromatic carbocycles. The van der Waals surface area contributed by atoms with Crippen molar-refractivity contribution in [2.75, 3.05) is 25.0 Å². The number of hydrogen-bond donors (Lipinski definition) is 4. The predicted octanol–water partition coefficient (Wildman–Crippen LogP) is 1.62. The van der Waals surface area contributed by atoms with Gasteiger partial charge in [-0.25, -0.2) is 0 Å². The lowest BCUT2D eigenvalue weighted by atomic mass is 9.87. The van der Waals surface area contributed by atoms with Crippen LogP contribution in [0.2, 0.25) is 0 Å². The van der Waals surface area contributed by atoms with Gasteiger partial charge in [-0.1, -0.05) is 18.2 Å². The largest absolute Gasteiger partial charge is 0.388 e. The van der Waals surface area contributed by atoms with Crippen molar-refractivity contribution >= 4 is 22.9 Å². The molecule has 3 heterocycles. The summed E-state index contributed by atoms with van der Waals surface area (Å²) < 4.78 is 0. The Morgan fingerprint density at radius 2 is 2.19 bits per heavy atom. The van der Waals surface area contributed by atoms with Gasteiger partial charge in [0.25, 0.3) is 0 Å². The monoisotopic (exact) mass is 388 g/mol. The molecule has 4 rings (SSSR count). The Labute approximate surface area is 162 Å². The van der Waals surface area contributed by atoms with Crippen LogP contribution >= 0.6 is 11.3 Å². The first-order valence-electron chi connectivity index (χ1n) is 9.23. The van der Waals surface area contributed by atoms with Crippen molar-refractivity contribution in [3.63, 3.8) is 0 Å². The first kappa shape index (κ1) is 18.6. The van der Waals surface area contributed by atoms with E-state index in [1.54, 1.807) is 0 Å². The Balaban J connectivity index is 1.41. The second-order valence-electron chi connectivity index (χ2n) is 7.41. The van der Waals surface area contributed by atoms with E-state index in [9.17, 15) is 20.1 Å². The van der Waals surface area contributed by atoms with Gasteiger partial charge in [0.2, 0.25) is 5.91 Å². The van der Waals surface area contributed by atoms with Gasteiger partial charge in [0.05, 0.1) is 6.10 Å². The molecule has 0 aliphatic carbocycles. The molecule has 2 aromatic rings. The Morgan fingerprint density at radius 1 is 1.33 bits per heavy atom. The quantitative estimate of drug-likeness (QED) is 0.639. The van der Waals surface area contributed by atoms with Crippen LogP contribution in [0.4, 0.5) is 5.69 Å². The number of likely N-dealkylation sites (tertiary alicyclic amines) is 1. The second kappa shape index (κ2) is 7.33. The van der Waals surface area contributed by atoms with Crippen molar-refractivity contribution in [3.8, 4) is 0 Å². The number of rotatable bonds is 4. The van der Waals surface area contributed by atoms with Gasteiger partial charge in [-0.15, -0.1) is 11.3 Å². The minimum atomic E-state index is -1.21. The Kier molecular flexibility index (Phi) is 5.05. The number of aliphatic hydroxyl groups excluding tert-OH is 2. The van der Waals surface area contributed by atoms with Crippen LogP contribution in [0.25, 0.3) is 0 Å². The van der Waals surface area contributed by atoms with Crippen LogP contribution in [-0.4, -0.2) is 51.9 Å². The van der Waals surface area contributed by atoms with Gasteiger partial charge in [0, 0.05) is 36.6 Å².